The van der Waals surface area contributed by atoms with Gasteiger partial charge in [-0.15, -0.1) is 0 Å². The Kier molecular flexibility index (Phi) is 17.5. The SMILES string of the molecule is Cc1ccc(C2(c3ccc(C)cc3)c3cc(C)ccc3-c3ccc(C)cc32)cc1.Cc1ccc(N(c2ccc(N(c3ccc(C)cc3)c3c(C)cc(C(C)(C)C)cc3C)cc2)c2c(C)cc(C(C)(C)C)cc2C)cc1.Cc1ccc2c(c1)C(C)(C)c1cc(C)ccc1-2. The minimum absolute atomic E-state index is 0.0885. The summed E-state index contributed by atoms with van der Waals surface area (Å²) < 4.78 is 0. The second kappa shape index (κ2) is 24.9. The number of hydrogen-bond donors (Lipinski definition) is 0. The Balaban J connectivity index is 0.000000158. The molecule has 0 bridgehead atoms. The molecule has 2 nitrogen and oxygen atoms in total. The molecular weight excluding hydrogens is 1110 g/mol. The van der Waals surface area contributed by atoms with Crippen molar-refractivity contribution in [1.82, 2.24) is 0 Å². The predicted octanol–water partition coefficient (Wildman–Crippen LogP) is 25.0. The van der Waals surface area contributed by atoms with Gasteiger partial charge in [-0.05, 0) is 231 Å². The highest BCUT2D eigenvalue weighted by Crippen LogP contribution is 2.57. The van der Waals surface area contributed by atoms with Gasteiger partial charge in [-0.3, -0.25) is 0 Å². The number of hydrogen-bond acceptors (Lipinski definition) is 2. The molecular formula is C90H96N2. The van der Waals surface area contributed by atoms with E-state index in [1.165, 1.54) is 145 Å². The molecule has 0 atom stereocenters. The topological polar surface area (TPSA) is 6.48 Å². The van der Waals surface area contributed by atoms with Crippen molar-refractivity contribution in [2.24, 2.45) is 0 Å². The first-order chi connectivity index (χ1) is 43.5. The maximum absolute atomic E-state index is 2.42. The lowest BCUT2D eigenvalue weighted by atomic mass is 9.67. The predicted molar refractivity (Wildman–Crippen MR) is 398 cm³/mol. The standard InChI is InChI=1S/C44H52N2.C29H26.C17H18/c1-29-13-17-37(18-14-29)45(41-31(3)25-35(26-32(41)4)43(7,8)9)39-21-23-40(24-22-39)46(38-19-15-30(2)16-20-38)42-33(5)27-36(28-34(42)6)44(10,11)12;1-19-5-11-23(12-6-19)29(24-13-7-20(2)8-14-24)27-17-21(3)9-15-25(27)26-16-10-22(4)18-28(26)29;1-11-5-7-13-14-8-6-12(2)10-16(14)17(3,4)15(13)9-11/h13-28H,1-12H3;5-18H,1-4H3;5-10H,1-4H3. The van der Waals surface area contributed by atoms with Gasteiger partial charge in [0, 0.05) is 28.2 Å². The third-order valence-electron chi connectivity index (χ3n) is 19.5. The van der Waals surface area contributed by atoms with Crippen LogP contribution in [0.25, 0.3) is 22.3 Å². The van der Waals surface area contributed by atoms with Crippen molar-refractivity contribution in [3.8, 4) is 22.3 Å². The van der Waals surface area contributed by atoms with Gasteiger partial charge in [0.15, 0.2) is 0 Å². The second-order valence-corrected chi connectivity index (χ2v) is 29.6. The molecule has 0 aromatic heterocycles. The number of benzene rings is 11. The van der Waals surface area contributed by atoms with E-state index >= 15 is 0 Å². The maximum Gasteiger partial charge on any atom is 0.0713 e. The third kappa shape index (κ3) is 12.3. The third-order valence-corrected chi connectivity index (χ3v) is 19.5. The molecule has 0 N–H and O–H groups in total. The van der Waals surface area contributed by atoms with Crippen LogP contribution in [0.15, 0.2) is 218 Å². The zero-order chi connectivity index (χ0) is 65.9. The Morgan fingerprint density at radius 1 is 0.250 bits per heavy atom. The van der Waals surface area contributed by atoms with Gasteiger partial charge in [0.1, 0.15) is 0 Å². The number of anilines is 6. The second-order valence-electron chi connectivity index (χ2n) is 29.6. The zero-order valence-corrected chi connectivity index (χ0v) is 58.7. The molecule has 0 aliphatic heterocycles. The molecule has 2 heteroatoms. The lowest BCUT2D eigenvalue weighted by Gasteiger charge is -2.34. The van der Waals surface area contributed by atoms with E-state index in [0.717, 1.165) is 22.7 Å². The summed E-state index contributed by atoms with van der Waals surface area (Å²) in [5.41, 5.74) is 39.3. The van der Waals surface area contributed by atoms with E-state index in [1.807, 2.05) is 0 Å². The van der Waals surface area contributed by atoms with Gasteiger partial charge in [-0.2, -0.15) is 0 Å². The molecule has 2 aliphatic rings. The summed E-state index contributed by atoms with van der Waals surface area (Å²) in [6.07, 6.45) is 0. The first-order valence-electron chi connectivity index (χ1n) is 33.2. The summed E-state index contributed by atoms with van der Waals surface area (Å²) in [4.78, 5) is 4.84. The van der Waals surface area contributed by atoms with Gasteiger partial charge in [0.2, 0.25) is 0 Å². The first kappa shape index (κ1) is 64.5. The van der Waals surface area contributed by atoms with Gasteiger partial charge < -0.3 is 9.80 Å². The van der Waals surface area contributed by atoms with Crippen LogP contribution in [0.5, 0.6) is 0 Å². The Bertz CT molecular complexity index is 4180. The van der Waals surface area contributed by atoms with Crippen LogP contribution in [-0.2, 0) is 21.7 Å². The molecule has 466 valence electrons. The average molecular weight is 1210 g/mol. The van der Waals surface area contributed by atoms with Crippen molar-refractivity contribution >= 4 is 34.1 Å². The highest BCUT2D eigenvalue weighted by atomic mass is 15.2. The van der Waals surface area contributed by atoms with E-state index in [1.54, 1.807) is 0 Å². The monoisotopic (exact) mass is 1200 g/mol. The van der Waals surface area contributed by atoms with Crippen molar-refractivity contribution in [3.63, 3.8) is 0 Å². The minimum atomic E-state index is -0.288. The van der Waals surface area contributed by atoms with E-state index in [4.69, 9.17) is 0 Å². The summed E-state index contributed by atoms with van der Waals surface area (Å²) in [5, 5.41) is 0. The highest BCUT2D eigenvalue weighted by Gasteiger charge is 2.46. The summed E-state index contributed by atoms with van der Waals surface area (Å²) in [6.45, 7) is 44.7. The Hall–Kier alpha value is -8.98. The Morgan fingerprint density at radius 2 is 0.467 bits per heavy atom. The van der Waals surface area contributed by atoms with E-state index in [9.17, 15) is 0 Å². The fourth-order valence-corrected chi connectivity index (χ4v) is 14.3. The first-order valence-corrected chi connectivity index (χ1v) is 33.2. The van der Waals surface area contributed by atoms with Crippen LogP contribution in [0, 0.1) is 83.1 Å². The number of rotatable bonds is 8. The summed E-state index contributed by atoms with van der Waals surface area (Å²) in [6, 6.07) is 82.1. The average Bonchev–Trinajstić information content (AvgIpc) is 1.52. The summed E-state index contributed by atoms with van der Waals surface area (Å²) in [7, 11) is 0. The van der Waals surface area contributed by atoms with Crippen LogP contribution in [0.1, 0.15) is 167 Å². The van der Waals surface area contributed by atoms with E-state index < -0.39 is 0 Å². The van der Waals surface area contributed by atoms with Crippen LogP contribution in [0.2, 0.25) is 0 Å². The zero-order valence-electron chi connectivity index (χ0n) is 58.7. The normalized spacial score (nSPS) is 13.2. The quantitative estimate of drug-likeness (QED) is 0.150. The van der Waals surface area contributed by atoms with Crippen LogP contribution in [-0.4, -0.2) is 0 Å². The number of aryl methyl sites for hydroxylation is 12. The molecule has 0 saturated heterocycles. The van der Waals surface area contributed by atoms with Crippen LogP contribution in [0.3, 0.4) is 0 Å². The van der Waals surface area contributed by atoms with Crippen LogP contribution >= 0.6 is 0 Å². The Morgan fingerprint density at radius 3 is 0.728 bits per heavy atom. The Labute approximate surface area is 552 Å². The lowest BCUT2D eigenvalue weighted by molar-refractivity contribution is 0.589. The minimum Gasteiger partial charge on any atom is -0.310 e. The fraction of sp³-hybridized carbons (Fsp3) is 0.267. The molecule has 2 aliphatic carbocycles. The molecule has 0 fully saturated rings. The van der Waals surface area contributed by atoms with Gasteiger partial charge in [-0.25, -0.2) is 0 Å². The highest BCUT2D eigenvalue weighted by molar-refractivity contribution is 5.88. The van der Waals surface area contributed by atoms with Gasteiger partial charge in [-0.1, -0.05) is 270 Å². The van der Waals surface area contributed by atoms with E-state index in [2.05, 4.69) is 367 Å². The molecule has 0 radical (unpaired) electrons. The lowest BCUT2D eigenvalue weighted by Crippen LogP contribution is -2.28. The van der Waals surface area contributed by atoms with Gasteiger partial charge in [0.25, 0.3) is 0 Å². The van der Waals surface area contributed by atoms with Crippen molar-refractivity contribution < 1.29 is 0 Å². The van der Waals surface area contributed by atoms with Gasteiger partial charge >= 0.3 is 0 Å². The van der Waals surface area contributed by atoms with Crippen molar-refractivity contribution in [2.45, 2.75) is 160 Å². The molecule has 92 heavy (non-hydrogen) atoms. The number of nitrogens with zero attached hydrogens (tertiary/aromatic N) is 2. The molecule has 0 saturated carbocycles. The van der Waals surface area contributed by atoms with Gasteiger partial charge in [0.05, 0.1) is 16.8 Å². The largest absolute Gasteiger partial charge is 0.310 e. The molecule has 0 spiro atoms. The molecule has 0 amide bonds. The van der Waals surface area contributed by atoms with E-state index in [0.29, 0.717) is 0 Å². The molecule has 13 rings (SSSR count). The van der Waals surface area contributed by atoms with Crippen molar-refractivity contribution in [2.75, 3.05) is 9.80 Å². The molecule has 0 heterocycles. The van der Waals surface area contributed by atoms with Crippen molar-refractivity contribution in [1.29, 1.82) is 0 Å². The fourth-order valence-electron chi connectivity index (χ4n) is 14.3. The van der Waals surface area contributed by atoms with Crippen molar-refractivity contribution in [3.05, 3.63) is 330 Å². The summed E-state index contributed by atoms with van der Waals surface area (Å²) in [5.74, 6) is 0. The molecule has 11 aromatic carbocycles. The smallest absolute Gasteiger partial charge is 0.0713 e. The maximum atomic E-state index is 2.42. The molecule has 0 unspecified atom stereocenters. The summed E-state index contributed by atoms with van der Waals surface area (Å²) >= 11 is 0. The van der Waals surface area contributed by atoms with Crippen LogP contribution in [0.4, 0.5) is 34.1 Å². The van der Waals surface area contributed by atoms with E-state index in [-0.39, 0.29) is 21.7 Å². The molecule has 11 aromatic rings. The van der Waals surface area contributed by atoms with Crippen LogP contribution < -0.4 is 9.80 Å². The number of fused-ring (bicyclic) bond motifs is 6.